The highest BCUT2D eigenvalue weighted by Gasteiger charge is 2.30. The van der Waals surface area contributed by atoms with Crippen molar-refractivity contribution in [1.82, 2.24) is 15.1 Å². The van der Waals surface area contributed by atoms with Crippen LogP contribution in [0.25, 0.3) is 0 Å². The second-order valence-electron chi connectivity index (χ2n) is 4.68. The number of methoxy groups -OCH3 is 1. The summed E-state index contributed by atoms with van der Waals surface area (Å²) in [7, 11) is 1.71. The summed E-state index contributed by atoms with van der Waals surface area (Å²) in [5.74, 6) is 0. The van der Waals surface area contributed by atoms with Crippen LogP contribution in [0.15, 0.2) is 10.7 Å². The summed E-state index contributed by atoms with van der Waals surface area (Å²) in [6.45, 7) is 5.30. The van der Waals surface area contributed by atoms with Gasteiger partial charge in [0.1, 0.15) is 0 Å². The van der Waals surface area contributed by atoms with E-state index in [4.69, 9.17) is 9.47 Å². The minimum atomic E-state index is 0.182. The molecule has 6 heteroatoms. The molecule has 0 amide bonds. The number of aromatic nitrogens is 2. The molecule has 0 radical (unpaired) electrons. The Hall–Kier alpha value is -0.430. The molecule has 2 rings (SSSR count). The molecule has 1 aromatic heterocycles. The van der Waals surface area contributed by atoms with Crippen molar-refractivity contribution >= 4 is 15.9 Å². The zero-order valence-electron chi connectivity index (χ0n) is 11.6. The first-order chi connectivity index (χ1) is 9.27. The molecule has 2 unspecified atom stereocenters. The number of nitrogens with one attached hydrogen (secondary N) is 1. The van der Waals surface area contributed by atoms with E-state index in [9.17, 15) is 0 Å². The van der Waals surface area contributed by atoms with Gasteiger partial charge >= 0.3 is 0 Å². The van der Waals surface area contributed by atoms with Crippen LogP contribution in [0.4, 0.5) is 0 Å². The van der Waals surface area contributed by atoms with Gasteiger partial charge in [-0.1, -0.05) is 6.92 Å². The maximum Gasteiger partial charge on any atom is 0.0786 e. The van der Waals surface area contributed by atoms with E-state index in [1.807, 2.05) is 10.9 Å². The first-order valence-electron chi connectivity index (χ1n) is 6.83. The molecular formula is C13H22BrN3O2. The minimum absolute atomic E-state index is 0.182. The van der Waals surface area contributed by atoms with E-state index in [0.717, 1.165) is 42.7 Å². The molecule has 1 aliphatic rings. The molecule has 1 N–H and O–H groups in total. The Morgan fingerprint density at radius 1 is 1.68 bits per heavy atom. The molecule has 0 aromatic carbocycles. The fraction of sp³-hybridized carbons (Fsp3) is 0.769. The van der Waals surface area contributed by atoms with E-state index in [2.05, 4.69) is 33.3 Å². The van der Waals surface area contributed by atoms with Crippen LogP contribution < -0.4 is 5.32 Å². The van der Waals surface area contributed by atoms with Crippen LogP contribution in [0.3, 0.4) is 0 Å². The van der Waals surface area contributed by atoms with E-state index in [1.165, 1.54) is 0 Å². The van der Waals surface area contributed by atoms with Gasteiger partial charge in [0.2, 0.25) is 0 Å². The highest BCUT2D eigenvalue weighted by atomic mass is 79.9. The monoisotopic (exact) mass is 331 g/mol. The van der Waals surface area contributed by atoms with Crippen molar-refractivity contribution in [3.05, 3.63) is 16.4 Å². The fourth-order valence-electron chi connectivity index (χ4n) is 2.53. The van der Waals surface area contributed by atoms with Crippen molar-refractivity contribution in [1.29, 1.82) is 0 Å². The van der Waals surface area contributed by atoms with Crippen molar-refractivity contribution in [3.8, 4) is 0 Å². The highest BCUT2D eigenvalue weighted by Crippen LogP contribution is 2.31. The van der Waals surface area contributed by atoms with Gasteiger partial charge in [0.15, 0.2) is 0 Å². The second-order valence-corrected chi connectivity index (χ2v) is 5.53. The maximum absolute atomic E-state index is 5.85. The van der Waals surface area contributed by atoms with Gasteiger partial charge < -0.3 is 14.8 Å². The summed E-state index contributed by atoms with van der Waals surface area (Å²) in [6.07, 6.45) is 4.31. The van der Waals surface area contributed by atoms with Crippen LogP contribution in [0.5, 0.6) is 0 Å². The van der Waals surface area contributed by atoms with Crippen LogP contribution in [-0.2, 0) is 16.0 Å². The van der Waals surface area contributed by atoms with Crippen LogP contribution in [-0.4, -0.2) is 42.8 Å². The van der Waals surface area contributed by atoms with Crippen LogP contribution in [0, 0.1) is 0 Å². The molecule has 0 spiro atoms. The average molecular weight is 332 g/mol. The minimum Gasteiger partial charge on any atom is -0.383 e. The van der Waals surface area contributed by atoms with Crippen molar-refractivity contribution in [2.45, 2.75) is 38.5 Å². The Balaban J connectivity index is 2.21. The van der Waals surface area contributed by atoms with Crippen LogP contribution in [0.2, 0.25) is 0 Å². The largest absolute Gasteiger partial charge is 0.383 e. The lowest BCUT2D eigenvalue weighted by Crippen LogP contribution is -2.34. The smallest absolute Gasteiger partial charge is 0.0786 e. The summed E-state index contributed by atoms with van der Waals surface area (Å²) < 4.78 is 14.0. The topological polar surface area (TPSA) is 48.3 Å². The molecule has 0 saturated carbocycles. The normalized spacial score (nSPS) is 20.9. The number of nitrogens with zero attached hydrogens (tertiary/aromatic N) is 2. The summed E-state index contributed by atoms with van der Waals surface area (Å²) in [6, 6.07) is 0.182. The molecule has 1 aromatic rings. The third-order valence-electron chi connectivity index (χ3n) is 3.40. The lowest BCUT2D eigenvalue weighted by molar-refractivity contribution is 0.0749. The zero-order valence-corrected chi connectivity index (χ0v) is 13.1. The van der Waals surface area contributed by atoms with Crippen molar-refractivity contribution in [3.63, 3.8) is 0 Å². The summed E-state index contributed by atoms with van der Waals surface area (Å²) in [5, 5.41) is 7.95. The Kier molecular flexibility index (Phi) is 5.81. The molecule has 2 heterocycles. The van der Waals surface area contributed by atoms with E-state index >= 15 is 0 Å². The predicted molar refractivity (Wildman–Crippen MR) is 77.2 cm³/mol. The van der Waals surface area contributed by atoms with E-state index in [0.29, 0.717) is 6.61 Å². The van der Waals surface area contributed by atoms with Crippen molar-refractivity contribution < 1.29 is 9.47 Å². The van der Waals surface area contributed by atoms with Gasteiger partial charge in [0.05, 0.1) is 41.7 Å². The van der Waals surface area contributed by atoms with Gasteiger partial charge in [0.25, 0.3) is 0 Å². The molecule has 1 fully saturated rings. The lowest BCUT2D eigenvalue weighted by atomic mass is 10.0. The van der Waals surface area contributed by atoms with Gasteiger partial charge in [0, 0.05) is 13.7 Å². The predicted octanol–water partition coefficient (Wildman–Crippen LogP) is 2.12. The zero-order chi connectivity index (χ0) is 13.7. The summed E-state index contributed by atoms with van der Waals surface area (Å²) >= 11 is 3.61. The van der Waals surface area contributed by atoms with Gasteiger partial charge in [-0.3, -0.25) is 4.68 Å². The number of likely N-dealkylation sites (N-methyl/N-ethyl adjacent to an activating group) is 1. The SMILES string of the molecule is CCNC(c1c(Br)cnn1CCOC)C1CCCO1. The van der Waals surface area contributed by atoms with Crippen LogP contribution in [0.1, 0.15) is 31.5 Å². The van der Waals surface area contributed by atoms with Gasteiger partial charge in [-0.2, -0.15) is 5.10 Å². The molecule has 1 aliphatic heterocycles. The lowest BCUT2D eigenvalue weighted by Gasteiger charge is -2.25. The molecule has 108 valence electrons. The Morgan fingerprint density at radius 3 is 3.16 bits per heavy atom. The third-order valence-corrected chi connectivity index (χ3v) is 4.01. The standard InChI is InChI=1S/C13H22BrN3O2/c1-3-15-12(11-5-4-7-19-11)13-10(14)9-16-17(13)6-8-18-2/h9,11-12,15H,3-8H2,1-2H3. The Bertz CT molecular complexity index is 391. The first kappa shape index (κ1) is 15.0. The molecule has 0 aliphatic carbocycles. The molecular weight excluding hydrogens is 310 g/mol. The number of hydrogen-bond acceptors (Lipinski definition) is 4. The van der Waals surface area contributed by atoms with E-state index in [1.54, 1.807) is 7.11 Å². The first-order valence-corrected chi connectivity index (χ1v) is 7.62. The Labute approximate surface area is 122 Å². The molecule has 0 bridgehead atoms. The average Bonchev–Trinajstić information content (AvgIpc) is 3.04. The number of rotatable bonds is 7. The van der Waals surface area contributed by atoms with E-state index < -0.39 is 0 Å². The second kappa shape index (κ2) is 7.38. The number of hydrogen-bond donors (Lipinski definition) is 1. The Morgan fingerprint density at radius 2 is 2.53 bits per heavy atom. The quantitative estimate of drug-likeness (QED) is 0.831. The van der Waals surface area contributed by atoms with Crippen molar-refractivity contribution in [2.24, 2.45) is 0 Å². The van der Waals surface area contributed by atoms with Gasteiger partial charge in [-0.05, 0) is 35.3 Å². The maximum atomic E-state index is 5.85. The van der Waals surface area contributed by atoms with Gasteiger partial charge in [-0.15, -0.1) is 0 Å². The summed E-state index contributed by atoms with van der Waals surface area (Å²) in [4.78, 5) is 0. The molecule has 1 saturated heterocycles. The van der Waals surface area contributed by atoms with Crippen molar-refractivity contribution in [2.75, 3.05) is 26.9 Å². The number of ether oxygens (including phenoxy) is 2. The number of halogens is 1. The van der Waals surface area contributed by atoms with E-state index in [-0.39, 0.29) is 12.1 Å². The third kappa shape index (κ3) is 3.56. The van der Waals surface area contributed by atoms with Crippen LogP contribution >= 0.6 is 15.9 Å². The molecule has 2 atom stereocenters. The summed E-state index contributed by atoms with van der Waals surface area (Å²) in [5.41, 5.74) is 1.16. The fourth-order valence-corrected chi connectivity index (χ4v) is 3.07. The van der Waals surface area contributed by atoms with Gasteiger partial charge in [-0.25, -0.2) is 0 Å². The highest BCUT2D eigenvalue weighted by molar-refractivity contribution is 9.10. The molecule has 19 heavy (non-hydrogen) atoms. The molecule has 5 nitrogen and oxygen atoms in total.